The lowest BCUT2D eigenvalue weighted by Crippen LogP contribution is -2.41. The van der Waals surface area contributed by atoms with Gasteiger partial charge in [-0.1, -0.05) is 91.0 Å². The minimum atomic E-state index is -0.524. The third kappa shape index (κ3) is 2.74. The fraction of sp³-hybridized carbons (Fsp3) is 0.0588. The van der Waals surface area contributed by atoms with Crippen LogP contribution < -0.4 is 4.90 Å². The van der Waals surface area contributed by atoms with Crippen molar-refractivity contribution in [2.75, 3.05) is 4.90 Å². The average molecular weight is 472 g/mol. The Morgan fingerprint density at radius 1 is 0.514 bits per heavy atom. The van der Waals surface area contributed by atoms with Crippen molar-refractivity contribution in [2.45, 2.75) is 11.8 Å². The van der Waals surface area contributed by atoms with Crippen LogP contribution in [0.1, 0.15) is 44.5 Å². The number of anilines is 3. The highest BCUT2D eigenvalue weighted by Crippen LogP contribution is 2.60. The van der Waals surface area contributed by atoms with E-state index in [0.717, 1.165) is 28.9 Å². The highest BCUT2D eigenvalue weighted by atomic mass is 15.2. The van der Waals surface area contributed by atoms with Crippen LogP contribution >= 0.6 is 0 Å². The summed E-state index contributed by atoms with van der Waals surface area (Å²) in [5.74, 6) is 0. The van der Waals surface area contributed by atoms with E-state index in [1.54, 1.807) is 18.2 Å². The standard InChI is InChI=1S/C34H21N3/c35-21-25-12-9-13-26(22-36)33(25)37-31-18-7-5-16-29(31)34(30-17-6-8-19-32(30)37)27-14-3-1-10-23(27)20-24-11-2-4-15-28(24)34/h1-19H,20H2. The first kappa shape index (κ1) is 21.2. The van der Waals surface area contributed by atoms with Crippen molar-refractivity contribution in [3.63, 3.8) is 0 Å². The van der Waals surface area contributed by atoms with Gasteiger partial charge in [0.05, 0.1) is 33.6 Å². The molecule has 0 unspecified atom stereocenters. The quantitative estimate of drug-likeness (QED) is 0.249. The lowest BCUT2D eigenvalue weighted by molar-refractivity contribution is 0.693. The molecule has 0 fully saturated rings. The molecule has 0 bridgehead atoms. The van der Waals surface area contributed by atoms with E-state index in [-0.39, 0.29) is 0 Å². The molecule has 0 saturated heterocycles. The lowest BCUT2D eigenvalue weighted by Gasteiger charge is -2.49. The van der Waals surface area contributed by atoms with E-state index in [1.807, 2.05) is 12.1 Å². The van der Waals surface area contributed by atoms with Gasteiger partial charge in [-0.15, -0.1) is 0 Å². The van der Waals surface area contributed by atoms with E-state index >= 15 is 0 Å². The third-order valence-corrected chi connectivity index (χ3v) is 7.82. The Morgan fingerprint density at radius 3 is 1.43 bits per heavy atom. The molecule has 1 aliphatic heterocycles. The zero-order chi connectivity index (χ0) is 25.0. The van der Waals surface area contributed by atoms with Gasteiger partial charge >= 0.3 is 0 Å². The summed E-state index contributed by atoms with van der Waals surface area (Å²) in [5, 5.41) is 20.2. The minimum Gasteiger partial charge on any atom is -0.307 e. The Balaban J connectivity index is 1.68. The van der Waals surface area contributed by atoms with E-state index in [2.05, 4.69) is 102 Å². The van der Waals surface area contributed by atoms with Crippen LogP contribution in [0.4, 0.5) is 17.1 Å². The van der Waals surface area contributed by atoms with Gasteiger partial charge < -0.3 is 4.90 Å². The van der Waals surface area contributed by atoms with E-state index < -0.39 is 5.41 Å². The first-order valence-electron chi connectivity index (χ1n) is 12.4. The zero-order valence-electron chi connectivity index (χ0n) is 20.0. The number of benzene rings is 5. The Labute approximate surface area is 216 Å². The fourth-order valence-corrected chi connectivity index (χ4v) is 6.46. The number of rotatable bonds is 1. The second-order valence-electron chi connectivity index (χ2n) is 9.54. The van der Waals surface area contributed by atoms with Crippen molar-refractivity contribution < 1.29 is 0 Å². The number of hydrogen-bond acceptors (Lipinski definition) is 3. The summed E-state index contributed by atoms with van der Waals surface area (Å²) in [6, 6.07) is 44.4. The number of nitrogens with zero attached hydrogens (tertiary/aromatic N) is 3. The second-order valence-corrected chi connectivity index (χ2v) is 9.54. The molecular formula is C34H21N3. The summed E-state index contributed by atoms with van der Waals surface area (Å²) >= 11 is 0. The first-order valence-corrected chi connectivity index (χ1v) is 12.4. The molecule has 1 heterocycles. The van der Waals surface area contributed by atoms with E-state index in [4.69, 9.17) is 0 Å². The molecular weight excluding hydrogens is 450 g/mol. The predicted molar refractivity (Wildman–Crippen MR) is 145 cm³/mol. The van der Waals surface area contributed by atoms with Gasteiger partial charge in [0.1, 0.15) is 12.1 Å². The van der Waals surface area contributed by atoms with Crippen LogP contribution in [0.5, 0.6) is 0 Å². The Kier molecular flexibility index (Phi) is 4.55. The molecule has 1 spiro atoms. The zero-order valence-corrected chi connectivity index (χ0v) is 20.0. The van der Waals surface area contributed by atoms with Gasteiger partial charge in [-0.2, -0.15) is 10.5 Å². The molecule has 0 amide bonds. The maximum atomic E-state index is 10.1. The van der Waals surface area contributed by atoms with Crippen molar-refractivity contribution in [3.05, 3.63) is 160 Å². The maximum absolute atomic E-state index is 10.1. The molecule has 0 radical (unpaired) electrons. The van der Waals surface area contributed by atoms with E-state index in [0.29, 0.717) is 16.8 Å². The van der Waals surface area contributed by atoms with Crippen molar-refractivity contribution in [2.24, 2.45) is 0 Å². The number of para-hydroxylation sites is 3. The van der Waals surface area contributed by atoms with Crippen LogP contribution in [-0.2, 0) is 11.8 Å². The molecule has 0 saturated carbocycles. The molecule has 2 aliphatic rings. The van der Waals surface area contributed by atoms with Gasteiger partial charge in [0, 0.05) is 0 Å². The van der Waals surface area contributed by atoms with Crippen molar-refractivity contribution in [1.82, 2.24) is 0 Å². The summed E-state index contributed by atoms with van der Waals surface area (Å²) in [4.78, 5) is 2.12. The van der Waals surface area contributed by atoms with Gasteiger partial charge in [0.15, 0.2) is 0 Å². The SMILES string of the molecule is N#Cc1cccc(C#N)c1N1c2ccccc2C2(c3ccccc3Cc3ccccc32)c2ccccc21. The first-order chi connectivity index (χ1) is 18.3. The van der Waals surface area contributed by atoms with E-state index in [9.17, 15) is 10.5 Å². The fourth-order valence-electron chi connectivity index (χ4n) is 6.46. The molecule has 0 atom stereocenters. The Hall–Kier alpha value is -5.12. The van der Waals surface area contributed by atoms with Crippen LogP contribution in [0.3, 0.4) is 0 Å². The largest absolute Gasteiger partial charge is 0.307 e. The number of nitriles is 2. The second kappa shape index (κ2) is 7.95. The molecule has 37 heavy (non-hydrogen) atoms. The highest BCUT2D eigenvalue weighted by Gasteiger charge is 2.50. The molecule has 7 rings (SSSR count). The van der Waals surface area contributed by atoms with Crippen LogP contribution in [-0.4, -0.2) is 0 Å². The molecule has 172 valence electrons. The molecule has 0 N–H and O–H groups in total. The summed E-state index contributed by atoms with van der Waals surface area (Å²) in [7, 11) is 0. The lowest BCUT2D eigenvalue weighted by atomic mass is 9.58. The number of hydrogen-bond donors (Lipinski definition) is 0. The smallest absolute Gasteiger partial charge is 0.101 e. The van der Waals surface area contributed by atoms with Crippen molar-refractivity contribution >= 4 is 17.1 Å². The summed E-state index contributed by atoms with van der Waals surface area (Å²) in [6.45, 7) is 0. The molecule has 3 nitrogen and oxygen atoms in total. The summed E-state index contributed by atoms with van der Waals surface area (Å²) in [5.41, 5.74) is 10.5. The van der Waals surface area contributed by atoms with E-state index in [1.165, 1.54) is 22.3 Å². The van der Waals surface area contributed by atoms with Gasteiger partial charge in [0.25, 0.3) is 0 Å². The predicted octanol–water partition coefficient (Wildman–Crippen LogP) is 7.50. The van der Waals surface area contributed by atoms with Gasteiger partial charge in [-0.25, -0.2) is 0 Å². The van der Waals surface area contributed by atoms with Gasteiger partial charge in [-0.05, 0) is 64.1 Å². The summed E-state index contributed by atoms with van der Waals surface area (Å²) < 4.78 is 0. The monoisotopic (exact) mass is 471 g/mol. The van der Waals surface area contributed by atoms with Crippen LogP contribution in [0, 0.1) is 22.7 Å². The summed E-state index contributed by atoms with van der Waals surface area (Å²) in [6.07, 6.45) is 0.887. The molecule has 5 aromatic carbocycles. The minimum absolute atomic E-state index is 0.476. The van der Waals surface area contributed by atoms with Gasteiger partial charge in [-0.3, -0.25) is 0 Å². The third-order valence-electron chi connectivity index (χ3n) is 7.82. The van der Waals surface area contributed by atoms with Crippen molar-refractivity contribution in [1.29, 1.82) is 10.5 Å². The molecule has 5 aromatic rings. The van der Waals surface area contributed by atoms with Gasteiger partial charge in [0.2, 0.25) is 0 Å². The Bertz CT molecular complexity index is 1670. The Morgan fingerprint density at radius 2 is 0.946 bits per heavy atom. The molecule has 1 aliphatic carbocycles. The molecule has 3 heteroatoms. The molecule has 0 aromatic heterocycles. The van der Waals surface area contributed by atoms with Crippen LogP contribution in [0.15, 0.2) is 115 Å². The van der Waals surface area contributed by atoms with Crippen LogP contribution in [0.25, 0.3) is 0 Å². The topological polar surface area (TPSA) is 50.8 Å². The van der Waals surface area contributed by atoms with Crippen molar-refractivity contribution in [3.8, 4) is 12.1 Å². The maximum Gasteiger partial charge on any atom is 0.101 e. The van der Waals surface area contributed by atoms with Crippen LogP contribution in [0.2, 0.25) is 0 Å². The normalized spacial score (nSPS) is 13.9. The highest BCUT2D eigenvalue weighted by molar-refractivity contribution is 5.93. The average Bonchev–Trinajstić information content (AvgIpc) is 2.97. The number of fused-ring (bicyclic) bond motifs is 8.